The molecule has 1 aromatic carbocycles. The van der Waals surface area contributed by atoms with Gasteiger partial charge in [-0.15, -0.1) is 0 Å². The highest BCUT2D eigenvalue weighted by atomic mass is 35.5. The van der Waals surface area contributed by atoms with Gasteiger partial charge in [0.15, 0.2) is 0 Å². The number of rotatable bonds is 3. The summed E-state index contributed by atoms with van der Waals surface area (Å²) in [4.78, 5) is 11.6. The fourth-order valence-corrected chi connectivity index (χ4v) is 1.30. The van der Waals surface area contributed by atoms with E-state index in [4.69, 9.17) is 11.6 Å². The average Bonchev–Trinajstić information content (AvgIpc) is 2.22. The Hall–Kier alpha value is -1.02. The molecular formula is C12H16ClNO. The van der Waals surface area contributed by atoms with Crippen molar-refractivity contribution >= 4 is 23.2 Å². The molecule has 0 aliphatic rings. The van der Waals surface area contributed by atoms with E-state index in [2.05, 4.69) is 5.32 Å². The molecule has 0 saturated carbocycles. The molecule has 1 atom stereocenters. The van der Waals surface area contributed by atoms with E-state index in [9.17, 15) is 4.79 Å². The Morgan fingerprint density at radius 3 is 2.73 bits per heavy atom. The standard InChI is InChI=1S/C12H16ClNO/c1-4-8(2)12(15)14-10-6-5-9(3)11(13)7-10/h5-8H,4H2,1-3H3,(H,14,15)/t8-/m1/s1. The van der Waals surface area contributed by atoms with Crippen LogP contribution in [-0.4, -0.2) is 5.91 Å². The van der Waals surface area contributed by atoms with Crippen LogP contribution in [0.5, 0.6) is 0 Å². The van der Waals surface area contributed by atoms with Gasteiger partial charge in [0.05, 0.1) is 0 Å². The molecule has 0 radical (unpaired) electrons. The summed E-state index contributed by atoms with van der Waals surface area (Å²) in [5.74, 6) is 0.0718. The van der Waals surface area contributed by atoms with Crippen LogP contribution in [0, 0.1) is 12.8 Å². The lowest BCUT2D eigenvalue weighted by molar-refractivity contribution is -0.119. The minimum absolute atomic E-state index is 0.0325. The van der Waals surface area contributed by atoms with Crippen molar-refractivity contribution < 1.29 is 4.79 Å². The Kier molecular flexibility index (Phi) is 4.15. The van der Waals surface area contributed by atoms with Crippen LogP contribution in [0.1, 0.15) is 25.8 Å². The third kappa shape index (κ3) is 3.24. The molecule has 1 amide bonds. The average molecular weight is 226 g/mol. The smallest absolute Gasteiger partial charge is 0.227 e. The van der Waals surface area contributed by atoms with Crippen LogP contribution in [0.3, 0.4) is 0 Å². The van der Waals surface area contributed by atoms with E-state index in [-0.39, 0.29) is 11.8 Å². The summed E-state index contributed by atoms with van der Waals surface area (Å²) in [6, 6.07) is 5.53. The molecule has 0 spiro atoms. The first-order chi connectivity index (χ1) is 7.04. The molecule has 0 bridgehead atoms. The lowest BCUT2D eigenvalue weighted by Crippen LogP contribution is -2.19. The number of carbonyl (C=O) groups is 1. The summed E-state index contributed by atoms with van der Waals surface area (Å²) in [6.07, 6.45) is 0.839. The zero-order valence-electron chi connectivity index (χ0n) is 9.30. The Balaban J connectivity index is 2.73. The van der Waals surface area contributed by atoms with Gasteiger partial charge in [0.2, 0.25) is 5.91 Å². The van der Waals surface area contributed by atoms with Gasteiger partial charge in [0.1, 0.15) is 0 Å². The van der Waals surface area contributed by atoms with Gasteiger partial charge < -0.3 is 5.32 Å². The molecule has 15 heavy (non-hydrogen) atoms. The normalized spacial score (nSPS) is 12.3. The zero-order chi connectivity index (χ0) is 11.4. The van der Waals surface area contributed by atoms with Gasteiger partial charge in [-0.2, -0.15) is 0 Å². The molecule has 3 heteroatoms. The van der Waals surface area contributed by atoms with Crippen molar-refractivity contribution in [1.29, 1.82) is 0 Å². The largest absolute Gasteiger partial charge is 0.326 e. The maximum Gasteiger partial charge on any atom is 0.227 e. The SMILES string of the molecule is CC[C@@H](C)C(=O)Nc1ccc(C)c(Cl)c1. The molecule has 0 aliphatic carbocycles. The highest BCUT2D eigenvalue weighted by Gasteiger charge is 2.10. The summed E-state index contributed by atoms with van der Waals surface area (Å²) in [5.41, 5.74) is 1.77. The summed E-state index contributed by atoms with van der Waals surface area (Å²) in [6.45, 7) is 5.83. The van der Waals surface area contributed by atoms with Gasteiger partial charge in [0, 0.05) is 16.6 Å². The van der Waals surface area contributed by atoms with Crippen LogP contribution >= 0.6 is 11.6 Å². The number of amides is 1. The van der Waals surface area contributed by atoms with Crippen LogP contribution in [0.25, 0.3) is 0 Å². The molecule has 0 unspecified atom stereocenters. The molecule has 82 valence electrons. The number of benzene rings is 1. The quantitative estimate of drug-likeness (QED) is 0.836. The second-order valence-electron chi connectivity index (χ2n) is 3.76. The van der Waals surface area contributed by atoms with E-state index < -0.39 is 0 Å². The van der Waals surface area contributed by atoms with E-state index in [0.29, 0.717) is 5.02 Å². The first-order valence-corrected chi connectivity index (χ1v) is 5.49. The van der Waals surface area contributed by atoms with Crippen molar-refractivity contribution in [2.75, 3.05) is 5.32 Å². The van der Waals surface area contributed by atoms with Gasteiger partial charge in [0.25, 0.3) is 0 Å². The van der Waals surface area contributed by atoms with E-state index in [1.165, 1.54) is 0 Å². The maximum absolute atomic E-state index is 11.6. The Morgan fingerprint density at radius 2 is 2.20 bits per heavy atom. The van der Waals surface area contributed by atoms with E-state index in [1.54, 1.807) is 6.07 Å². The van der Waals surface area contributed by atoms with Crippen molar-refractivity contribution in [3.05, 3.63) is 28.8 Å². The lowest BCUT2D eigenvalue weighted by atomic mass is 10.1. The molecule has 1 N–H and O–H groups in total. The first kappa shape index (κ1) is 12.1. The number of nitrogens with one attached hydrogen (secondary N) is 1. The van der Waals surface area contributed by atoms with Crippen molar-refractivity contribution in [3.8, 4) is 0 Å². The summed E-state index contributed by atoms with van der Waals surface area (Å²) >= 11 is 5.96. The molecule has 0 aliphatic heterocycles. The van der Waals surface area contributed by atoms with E-state index in [0.717, 1.165) is 17.7 Å². The minimum Gasteiger partial charge on any atom is -0.326 e. The van der Waals surface area contributed by atoms with Gasteiger partial charge in [-0.05, 0) is 31.0 Å². The number of hydrogen-bond acceptors (Lipinski definition) is 1. The molecule has 1 aromatic rings. The Labute approximate surface area is 95.6 Å². The second kappa shape index (κ2) is 5.17. The van der Waals surface area contributed by atoms with Gasteiger partial charge in [-0.1, -0.05) is 31.5 Å². The van der Waals surface area contributed by atoms with E-state index >= 15 is 0 Å². The minimum atomic E-state index is 0.0325. The van der Waals surface area contributed by atoms with Crippen LogP contribution < -0.4 is 5.32 Å². The van der Waals surface area contributed by atoms with Crippen molar-refractivity contribution in [1.82, 2.24) is 0 Å². The molecular weight excluding hydrogens is 210 g/mol. The predicted molar refractivity (Wildman–Crippen MR) is 64.3 cm³/mol. The van der Waals surface area contributed by atoms with E-state index in [1.807, 2.05) is 32.9 Å². The lowest BCUT2D eigenvalue weighted by Gasteiger charge is -2.10. The number of aryl methyl sites for hydroxylation is 1. The summed E-state index contributed by atoms with van der Waals surface area (Å²) in [7, 11) is 0. The molecule has 0 heterocycles. The Bertz CT molecular complexity index is 363. The van der Waals surface area contributed by atoms with Gasteiger partial charge in [-0.25, -0.2) is 0 Å². The molecule has 2 nitrogen and oxygen atoms in total. The third-order valence-corrected chi connectivity index (χ3v) is 2.91. The third-order valence-electron chi connectivity index (χ3n) is 2.50. The molecule has 1 rings (SSSR count). The highest BCUT2D eigenvalue weighted by molar-refractivity contribution is 6.31. The van der Waals surface area contributed by atoms with Gasteiger partial charge >= 0.3 is 0 Å². The van der Waals surface area contributed by atoms with Crippen LogP contribution in [-0.2, 0) is 4.79 Å². The second-order valence-corrected chi connectivity index (χ2v) is 4.17. The highest BCUT2D eigenvalue weighted by Crippen LogP contribution is 2.20. The predicted octanol–water partition coefficient (Wildman–Crippen LogP) is 3.63. The molecule has 0 aromatic heterocycles. The first-order valence-electron chi connectivity index (χ1n) is 5.11. The molecule has 0 fully saturated rings. The topological polar surface area (TPSA) is 29.1 Å². The summed E-state index contributed by atoms with van der Waals surface area (Å²) < 4.78 is 0. The molecule has 0 saturated heterocycles. The monoisotopic (exact) mass is 225 g/mol. The number of anilines is 1. The van der Waals surface area contributed by atoms with Crippen molar-refractivity contribution in [3.63, 3.8) is 0 Å². The fraction of sp³-hybridized carbons (Fsp3) is 0.417. The van der Waals surface area contributed by atoms with Crippen molar-refractivity contribution in [2.24, 2.45) is 5.92 Å². The number of hydrogen-bond donors (Lipinski definition) is 1. The van der Waals surface area contributed by atoms with Crippen LogP contribution in [0.2, 0.25) is 5.02 Å². The van der Waals surface area contributed by atoms with Crippen LogP contribution in [0.15, 0.2) is 18.2 Å². The van der Waals surface area contributed by atoms with Gasteiger partial charge in [-0.3, -0.25) is 4.79 Å². The number of halogens is 1. The maximum atomic E-state index is 11.6. The zero-order valence-corrected chi connectivity index (χ0v) is 10.1. The van der Waals surface area contributed by atoms with Crippen LogP contribution in [0.4, 0.5) is 5.69 Å². The Morgan fingerprint density at radius 1 is 1.53 bits per heavy atom. The summed E-state index contributed by atoms with van der Waals surface area (Å²) in [5, 5.41) is 3.52. The fourth-order valence-electron chi connectivity index (χ4n) is 1.12. The van der Waals surface area contributed by atoms with Crippen molar-refractivity contribution in [2.45, 2.75) is 27.2 Å². The number of carbonyl (C=O) groups excluding carboxylic acids is 1.